The van der Waals surface area contributed by atoms with Gasteiger partial charge in [-0.1, -0.05) is 6.07 Å². The molecule has 0 fully saturated rings. The zero-order chi connectivity index (χ0) is 13.4. The molecule has 3 nitrogen and oxygen atoms in total. The van der Waals surface area contributed by atoms with Gasteiger partial charge in [0.2, 0.25) is 0 Å². The van der Waals surface area contributed by atoms with E-state index in [0.717, 1.165) is 31.8 Å². The van der Waals surface area contributed by atoms with Crippen LogP contribution in [0.15, 0.2) is 12.1 Å². The van der Waals surface area contributed by atoms with Gasteiger partial charge in [0.15, 0.2) is 0 Å². The van der Waals surface area contributed by atoms with Gasteiger partial charge in [-0.3, -0.25) is 0 Å². The van der Waals surface area contributed by atoms with E-state index in [-0.39, 0.29) is 0 Å². The molecule has 18 heavy (non-hydrogen) atoms. The minimum Gasteiger partial charge on any atom is -0.496 e. The normalized spacial score (nSPS) is 10.7. The largest absolute Gasteiger partial charge is 0.496 e. The zero-order valence-corrected chi connectivity index (χ0v) is 12.1. The molecule has 0 aliphatic carbocycles. The van der Waals surface area contributed by atoms with E-state index in [1.165, 1.54) is 23.1 Å². The van der Waals surface area contributed by atoms with Crippen LogP contribution in [-0.2, 0) is 6.42 Å². The van der Waals surface area contributed by atoms with Crippen LogP contribution in [0.25, 0.3) is 0 Å². The molecule has 0 saturated carbocycles. The Morgan fingerprint density at radius 1 is 1.06 bits per heavy atom. The Morgan fingerprint density at radius 3 is 2.44 bits per heavy atom. The molecule has 1 rings (SSSR count). The molecule has 0 bridgehead atoms. The van der Waals surface area contributed by atoms with Crippen LogP contribution in [0.1, 0.15) is 23.1 Å². The highest BCUT2D eigenvalue weighted by atomic mass is 16.5. The van der Waals surface area contributed by atoms with E-state index < -0.39 is 0 Å². The van der Waals surface area contributed by atoms with Gasteiger partial charge in [-0.25, -0.2) is 0 Å². The van der Waals surface area contributed by atoms with Gasteiger partial charge < -0.3 is 15.4 Å². The van der Waals surface area contributed by atoms with Crippen LogP contribution in [0.2, 0.25) is 0 Å². The van der Waals surface area contributed by atoms with Gasteiger partial charge in [0.05, 0.1) is 7.11 Å². The quantitative estimate of drug-likeness (QED) is 0.693. The number of methoxy groups -OCH3 is 1. The molecule has 0 aliphatic rings. The third-order valence-corrected chi connectivity index (χ3v) is 3.25. The Bertz CT molecular complexity index is 364. The summed E-state index contributed by atoms with van der Waals surface area (Å²) < 4.78 is 5.44. The predicted molar refractivity (Wildman–Crippen MR) is 77.6 cm³/mol. The third kappa shape index (κ3) is 4.67. The lowest BCUT2D eigenvalue weighted by atomic mass is 10.0. The summed E-state index contributed by atoms with van der Waals surface area (Å²) in [7, 11) is 3.73. The standard InChI is InChI=1S/C15H26N2O/c1-12-10-14(15(18-4)11-13(12)2)6-9-17-8-5-7-16-3/h10-11,16-17H,5-9H2,1-4H3. The summed E-state index contributed by atoms with van der Waals surface area (Å²) in [4.78, 5) is 0. The van der Waals surface area contributed by atoms with Crippen LogP contribution in [0.4, 0.5) is 0 Å². The van der Waals surface area contributed by atoms with Crippen molar-refractivity contribution >= 4 is 0 Å². The number of hydrogen-bond acceptors (Lipinski definition) is 3. The first-order valence-electron chi connectivity index (χ1n) is 6.68. The maximum absolute atomic E-state index is 5.44. The van der Waals surface area contributed by atoms with Crippen molar-refractivity contribution in [1.82, 2.24) is 10.6 Å². The summed E-state index contributed by atoms with van der Waals surface area (Å²) in [5.74, 6) is 1.01. The predicted octanol–water partition coefficient (Wildman–Crippen LogP) is 2.05. The molecular formula is C15H26N2O. The fourth-order valence-electron chi connectivity index (χ4n) is 1.97. The number of benzene rings is 1. The molecule has 0 heterocycles. The smallest absolute Gasteiger partial charge is 0.122 e. The van der Waals surface area contributed by atoms with Crippen molar-refractivity contribution in [3.8, 4) is 5.75 Å². The van der Waals surface area contributed by atoms with Gasteiger partial charge in [0, 0.05) is 0 Å². The number of rotatable bonds is 8. The van der Waals surface area contributed by atoms with Crippen molar-refractivity contribution in [2.24, 2.45) is 0 Å². The van der Waals surface area contributed by atoms with Crippen molar-refractivity contribution in [2.45, 2.75) is 26.7 Å². The van der Waals surface area contributed by atoms with Gasteiger partial charge in [0.1, 0.15) is 5.75 Å². The highest BCUT2D eigenvalue weighted by Crippen LogP contribution is 2.23. The van der Waals surface area contributed by atoms with Crippen LogP contribution in [-0.4, -0.2) is 33.8 Å². The van der Waals surface area contributed by atoms with Gasteiger partial charge in [0.25, 0.3) is 0 Å². The molecule has 0 saturated heterocycles. The van der Waals surface area contributed by atoms with Crippen LogP contribution in [0, 0.1) is 13.8 Å². The van der Waals surface area contributed by atoms with Crippen LogP contribution in [0.5, 0.6) is 5.75 Å². The third-order valence-electron chi connectivity index (χ3n) is 3.25. The first-order valence-corrected chi connectivity index (χ1v) is 6.68. The lowest BCUT2D eigenvalue weighted by Crippen LogP contribution is -2.22. The molecule has 1 aromatic carbocycles. The molecule has 0 unspecified atom stereocenters. The molecule has 3 heteroatoms. The highest BCUT2D eigenvalue weighted by molar-refractivity contribution is 5.41. The van der Waals surface area contributed by atoms with Gasteiger partial charge in [-0.05, 0) is 76.1 Å². The van der Waals surface area contributed by atoms with E-state index in [2.05, 4.69) is 36.6 Å². The first-order chi connectivity index (χ1) is 8.69. The second-order valence-electron chi connectivity index (χ2n) is 4.71. The minimum absolute atomic E-state index is 1.00. The Kier molecular flexibility index (Phi) is 6.76. The summed E-state index contributed by atoms with van der Waals surface area (Å²) in [5.41, 5.74) is 3.92. The lowest BCUT2D eigenvalue weighted by Gasteiger charge is -2.12. The lowest BCUT2D eigenvalue weighted by molar-refractivity contribution is 0.408. The van der Waals surface area contributed by atoms with E-state index in [1.807, 2.05) is 7.05 Å². The zero-order valence-electron chi connectivity index (χ0n) is 12.1. The van der Waals surface area contributed by atoms with Crippen molar-refractivity contribution in [1.29, 1.82) is 0 Å². The molecule has 0 spiro atoms. The summed E-state index contributed by atoms with van der Waals surface area (Å²) in [6.45, 7) is 7.41. The molecule has 0 aromatic heterocycles. The highest BCUT2D eigenvalue weighted by Gasteiger charge is 2.05. The monoisotopic (exact) mass is 250 g/mol. The van der Waals surface area contributed by atoms with Crippen molar-refractivity contribution in [3.05, 3.63) is 28.8 Å². The SMILES string of the molecule is CNCCCNCCc1cc(C)c(C)cc1OC. The maximum Gasteiger partial charge on any atom is 0.122 e. The fourth-order valence-corrected chi connectivity index (χ4v) is 1.97. The molecule has 0 amide bonds. The Morgan fingerprint density at radius 2 is 1.78 bits per heavy atom. The number of aryl methyl sites for hydroxylation is 2. The fraction of sp³-hybridized carbons (Fsp3) is 0.600. The van der Waals surface area contributed by atoms with Gasteiger partial charge >= 0.3 is 0 Å². The van der Waals surface area contributed by atoms with Crippen LogP contribution >= 0.6 is 0 Å². The Balaban J connectivity index is 2.43. The van der Waals surface area contributed by atoms with Crippen molar-refractivity contribution in [2.75, 3.05) is 33.8 Å². The molecule has 2 N–H and O–H groups in total. The summed E-state index contributed by atoms with van der Waals surface area (Å²) in [5, 5.41) is 6.61. The second-order valence-corrected chi connectivity index (χ2v) is 4.71. The van der Waals surface area contributed by atoms with E-state index in [4.69, 9.17) is 4.74 Å². The maximum atomic E-state index is 5.44. The molecule has 1 aromatic rings. The molecule has 0 aliphatic heterocycles. The Hall–Kier alpha value is -1.06. The minimum atomic E-state index is 1.00. The molecule has 0 atom stereocenters. The summed E-state index contributed by atoms with van der Waals surface area (Å²) >= 11 is 0. The van der Waals surface area contributed by atoms with E-state index >= 15 is 0 Å². The Labute approximate surface area is 111 Å². The van der Waals surface area contributed by atoms with Crippen molar-refractivity contribution in [3.63, 3.8) is 0 Å². The van der Waals surface area contributed by atoms with E-state index in [9.17, 15) is 0 Å². The molecule has 0 radical (unpaired) electrons. The summed E-state index contributed by atoms with van der Waals surface area (Å²) in [6, 6.07) is 4.37. The average molecular weight is 250 g/mol. The molecule has 102 valence electrons. The van der Waals surface area contributed by atoms with Crippen LogP contribution in [0.3, 0.4) is 0 Å². The van der Waals surface area contributed by atoms with Crippen molar-refractivity contribution < 1.29 is 4.74 Å². The van der Waals surface area contributed by atoms with Crippen LogP contribution < -0.4 is 15.4 Å². The second kappa shape index (κ2) is 8.11. The summed E-state index contributed by atoms with van der Waals surface area (Å²) in [6.07, 6.45) is 2.18. The number of nitrogens with one attached hydrogen (secondary N) is 2. The first kappa shape index (κ1) is 15.0. The number of ether oxygens (including phenoxy) is 1. The average Bonchev–Trinajstić information content (AvgIpc) is 2.37. The topological polar surface area (TPSA) is 33.3 Å². The molecular weight excluding hydrogens is 224 g/mol. The van der Waals surface area contributed by atoms with Gasteiger partial charge in [-0.2, -0.15) is 0 Å². The number of hydrogen-bond donors (Lipinski definition) is 2. The van der Waals surface area contributed by atoms with E-state index in [0.29, 0.717) is 0 Å². The van der Waals surface area contributed by atoms with E-state index in [1.54, 1.807) is 7.11 Å². The van der Waals surface area contributed by atoms with Gasteiger partial charge in [-0.15, -0.1) is 0 Å².